The molecule has 1 aromatic rings. The molecule has 30 heavy (non-hydrogen) atoms. The minimum atomic E-state index is -3.92. The number of carboxylic acids is 1. The predicted molar refractivity (Wildman–Crippen MR) is 122 cm³/mol. The Balaban J connectivity index is 0.000000710. The standard InChI is InChI=1S/C8H15N7O2S3.C6H14N2O2/c9-6(15-20(12,16)17)1-2-18-3-5-4-19-8(13-5)14-7(10)11;7-4-2-1-3-5(8)6(9)10/h4H,1-3H2,(H2,9,15)(H2,12,16,17)(H4,10,11,13,14);5H,1-4,7-8H2,(H,9,10)/t;5-/m.0/s1. The van der Waals surface area contributed by atoms with Crippen molar-refractivity contribution in [1.82, 2.24) is 4.98 Å². The summed E-state index contributed by atoms with van der Waals surface area (Å²) < 4.78 is 24.5. The maximum absolute atomic E-state index is 10.6. The molecule has 0 radical (unpaired) electrons. The molecule has 1 rings (SSSR count). The van der Waals surface area contributed by atoms with Gasteiger partial charge in [0, 0.05) is 23.3 Å². The molecule has 0 unspecified atom stereocenters. The molecule has 1 atom stereocenters. The topological polar surface area (TPSA) is 265 Å². The van der Waals surface area contributed by atoms with Gasteiger partial charge in [-0.3, -0.25) is 4.79 Å². The Labute approximate surface area is 183 Å². The van der Waals surface area contributed by atoms with Gasteiger partial charge >= 0.3 is 16.2 Å². The van der Waals surface area contributed by atoms with E-state index in [0.717, 1.165) is 18.5 Å². The molecule has 0 bridgehead atoms. The fourth-order valence-electron chi connectivity index (χ4n) is 1.72. The van der Waals surface area contributed by atoms with Gasteiger partial charge in [0.15, 0.2) is 5.96 Å². The Morgan fingerprint density at radius 1 is 1.30 bits per heavy atom. The molecule has 0 aliphatic heterocycles. The van der Waals surface area contributed by atoms with Crippen LogP contribution in [-0.4, -0.2) is 54.6 Å². The summed E-state index contributed by atoms with van der Waals surface area (Å²) in [6.45, 7) is 0.604. The highest BCUT2D eigenvalue weighted by Crippen LogP contribution is 2.21. The van der Waals surface area contributed by atoms with Crippen LogP contribution in [0.5, 0.6) is 0 Å². The lowest BCUT2D eigenvalue weighted by Crippen LogP contribution is -2.29. The maximum Gasteiger partial charge on any atom is 0.320 e. The number of hydrogen-bond acceptors (Lipinski definition) is 9. The summed E-state index contributed by atoms with van der Waals surface area (Å²) >= 11 is 2.86. The molecule has 0 saturated carbocycles. The summed E-state index contributed by atoms with van der Waals surface area (Å²) in [4.78, 5) is 18.2. The number of guanidine groups is 1. The van der Waals surface area contributed by atoms with Gasteiger partial charge in [-0.15, -0.1) is 15.7 Å². The number of carbonyl (C=O) groups is 1. The van der Waals surface area contributed by atoms with E-state index in [9.17, 15) is 13.2 Å². The van der Waals surface area contributed by atoms with E-state index in [2.05, 4.69) is 14.4 Å². The first kappa shape index (κ1) is 28.0. The lowest BCUT2D eigenvalue weighted by Gasteiger charge is -2.03. The molecule has 0 aliphatic carbocycles. The van der Waals surface area contributed by atoms with Gasteiger partial charge in [-0.05, 0) is 19.4 Å². The summed E-state index contributed by atoms with van der Waals surface area (Å²) in [5, 5.41) is 15.4. The number of aliphatic imine (C=N–C) groups is 1. The summed E-state index contributed by atoms with van der Waals surface area (Å²) in [6.07, 6.45) is 2.49. The summed E-state index contributed by atoms with van der Waals surface area (Å²) in [5.41, 5.74) is 27.2. The molecule has 0 aromatic carbocycles. The van der Waals surface area contributed by atoms with E-state index in [1.165, 1.54) is 23.1 Å². The van der Waals surface area contributed by atoms with Gasteiger partial charge in [0.2, 0.25) is 5.13 Å². The van der Waals surface area contributed by atoms with Gasteiger partial charge in [-0.2, -0.15) is 25.2 Å². The van der Waals surface area contributed by atoms with Crippen LogP contribution in [0.3, 0.4) is 0 Å². The smallest absolute Gasteiger partial charge is 0.320 e. The van der Waals surface area contributed by atoms with Crippen molar-refractivity contribution in [2.45, 2.75) is 37.5 Å². The molecule has 16 heteroatoms. The third-order valence-electron chi connectivity index (χ3n) is 3.05. The lowest BCUT2D eigenvalue weighted by atomic mass is 10.1. The second-order valence-corrected chi connectivity index (χ2v) is 8.94. The first-order valence-corrected chi connectivity index (χ1v) is 12.2. The van der Waals surface area contributed by atoms with E-state index < -0.39 is 22.2 Å². The number of nitrogens with zero attached hydrogens (tertiary/aromatic N) is 3. The Kier molecular flexibility index (Phi) is 13.9. The maximum atomic E-state index is 10.6. The van der Waals surface area contributed by atoms with Crippen LogP contribution in [0.2, 0.25) is 0 Å². The van der Waals surface area contributed by atoms with Gasteiger partial charge in [-0.25, -0.2) is 10.1 Å². The van der Waals surface area contributed by atoms with E-state index in [4.69, 9.17) is 38.9 Å². The Morgan fingerprint density at radius 3 is 2.50 bits per heavy atom. The normalized spacial score (nSPS) is 12.6. The zero-order valence-electron chi connectivity index (χ0n) is 16.3. The van der Waals surface area contributed by atoms with Crippen LogP contribution in [0.4, 0.5) is 5.13 Å². The summed E-state index contributed by atoms with van der Waals surface area (Å²) in [7, 11) is -3.92. The van der Waals surface area contributed by atoms with E-state index >= 15 is 0 Å². The van der Waals surface area contributed by atoms with Crippen molar-refractivity contribution in [3.8, 4) is 0 Å². The average Bonchev–Trinajstić information content (AvgIpc) is 3.04. The van der Waals surface area contributed by atoms with Crippen molar-refractivity contribution in [3.05, 3.63) is 11.1 Å². The number of rotatable bonds is 12. The largest absolute Gasteiger partial charge is 0.480 e. The van der Waals surface area contributed by atoms with Crippen LogP contribution in [0, 0.1) is 0 Å². The van der Waals surface area contributed by atoms with Crippen LogP contribution in [0.1, 0.15) is 31.4 Å². The van der Waals surface area contributed by atoms with Crippen LogP contribution in [0.25, 0.3) is 0 Å². The molecule has 0 aliphatic rings. The van der Waals surface area contributed by atoms with E-state index in [1.807, 2.05) is 5.38 Å². The zero-order valence-corrected chi connectivity index (χ0v) is 18.8. The van der Waals surface area contributed by atoms with Crippen molar-refractivity contribution in [2.24, 2.45) is 43.2 Å². The van der Waals surface area contributed by atoms with E-state index in [-0.39, 0.29) is 11.8 Å². The number of thiazole rings is 1. The summed E-state index contributed by atoms with van der Waals surface area (Å²) in [5.74, 6) is 0.251. The van der Waals surface area contributed by atoms with Gasteiger partial charge < -0.3 is 33.8 Å². The molecule has 0 amide bonds. The molecule has 1 heterocycles. The summed E-state index contributed by atoms with van der Waals surface area (Å²) in [6, 6.07) is -0.716. The zero-order chi connectivity index (χ0) is 23.2. The van der Waals surface area contributed by atoms with Crippen LogP contribution in [-0.2, 0) is 20.8 Å². The number of amidine groups is 1. The third-order valence-corrected chi connectivity index (χ3v) is 5.31. The molecule has 0 saturated heterocycles. The van der Waals surface area contributed by atoms with Crippen molar-refractivity contribution in [2.75, 3.05) is 12.3 Å². The Bertz CT molecular complexity index is 807. The fourth-order valence-corrected chi connectivity index (χ4v) is 3.80. The van der Waals surface area contributed by atoms with Gasteiger partial charge in [0.05, 0.1) is 5.69 Å². The highest BCUT2D eigenvalue weighted by molar-refractivity contribution is 7.98. The number of aliphatic carboxylic acids is 1. The van der Waals surface area contributed by atoms with Gasteiger partial charge in [0.25, 0.3) is 0 Å². The number of unbranched alkanes of at least 4 members (excludes halogenated alkanes) is 1. The minimum Gasteiger partial charge on any atom is -0.480 e. The van der Waals surface area contributed by atoms with Crippen molar-refractivity contribution in [3.63, 3.8) is 0 Å². The first-order chi connectivity index (χ1) is 13.9. The SMILES string of the molecule is NC(N)=Nc1nc(CSCCC(N)=NS(N)(=O)=O)cs1.NCCCC[C@H](N)C(=O)O. The Morgan fingerprint density at radius 2 is 1.97 bits per heavy atom. The second kappa shape index (κ2) is 14.9. The van der Waals surface area contributed by atoms with Crippen LogP contribution in [0.15, 0.2) is 14.8 Å². The van der Waals surface area contributed by atoms with Gasteiger partial charge in [0.1, 0.15) is 11.9 Å². The number of carboxylic acid groups (broad SMARTS) is 1. The van der Waals surface area contributed by atoms with Crippen LogP contribution < -0.4 is 33.8 Å². The molecular weight excluding hydrogens is 454 g/mol. The molecule has 13 N–H and O–H groups in total. The number of thioether (sulfide) groups is 1. The van der Waals surface area contributed by atoms with Crippen molar-refractivity contribution >= 4 is 56.2 Å². The number of aromatic nitrogens is 1. The third kappa shape index (κ3) is 15.9. The first-order valence-electron chi connectivity index (χ1n) is 8.61. The predicted octanol–water partition coefficient (Wildman–Crippen LogP) is -1.24. The minimum absolute atomic E-state index is 0.0144. The quantitative estimate of drug-likeness (QED) is 0.105. The Hall–Kier alpha value is -1.98. The molecule has 0 fully saturated rings. The van der Waals surface area contributed by atoms with E-state index in [1.54, 1.807) is 0 Å². The molecule has 172 valence electrons. The average molecular weight is 484 g/mol. The monoisotopic (exact) mass is 483 g/mol. The van der Waals surface area contributed by atoms with Gasteiger partial charge in [-0.1, -0.05) is 6.42 Å². The number of nitrogens with two attached hydrogens (primary N) is 6. The van der Waals surface area contributed by atoms with Crippen molar-refractivity contribution in [1.29, 1.82) is 0 Å². The van der Waals surface area contributed by atoms with E-state index in [0.29, 0.717) is 36.0 Å². The lowest BCUT2D eigenvalue weighted by molar-refractivity contribution is -0.138. The molecule has 1 aromatic heterocycles. The molecule has 13 nitrogen and oxygen atoms in total. The molecule has 0 spiro atoms. The highest BCUT2D eigenvalue weighted by atomic mass is 32.2. The molecular formula is C14H29N9O4S3. The van der Waals surface area contributed by atoms with Crippen LogP contribution >= 0.6 is 23.1 Å². The fraction of sp³-hybridized carbons (Fsp3) is 0.571. The highest BCUT2D eigenvalue weighted by Gasteiger charge is 2.09. The second-order valence-electron chi connectivity index (χ2n) is 5.79. The number of hydrogen-bond donors (Lipinski definition) is 7. The van der Waals surface area contributed by atoms with Crippen molar-refractivity contribution < 1.29 is 18.3 Å².